The van der Waals surface area contributed by atoms with Gasteiger partial charge in [-0.2, -0.15) is 8.78 Å². The van der Waals surface area contributed by atoms with Gasteiger partial charge in [-0.3, -0.25) is 14.4 Å². The number of likely N-dealkylation sites (tertiary alicyclic amines) is 1. The van der Waals surface area contributed by atoms with Crippen molar-refractivity contribution in [2.24, 2.45) is 5.73 Å². The first-order valence-electron chi connectivity index (χ1n) is 9.56. The van der Waals surface area contributed by atoms with Gasteiger partial charge in [0.1, 0.15) is 5.82 Å². The molecule has 170 valence electrons. The van der Waals surface area contributed by atoms with Crippen LogP contribution >= 0.6 is 11.6 Å². The molecule has 1 aliphatic heterocycles. The molecule has 2 aromatic carbocycles. The average molecular weight is 470 g/mol. The first-order chi connectivity index (χ1) is 15.0. The van der Waals surface area contributed by atoms with Crippen LogP contribution in [0.4, 0.5) is 18.9 Å². The highest BCUT2D eigenvalue weighted by molar-refractivity contribution is 6.32. The summed E-state index contributed by atoms with van der Waals surface area (Å²) in [4.78, 5) is 37.2. The highest BCUT2D eigenvalue weighted by Crippen LogP contribution is 2.36. The number of benzene rings is 2. The van der Waals surface area contributed by atoms with E-state index in [9.17, 15) is 32.7 Å². The normalized spacial score (nSPS) is 14.8. The summed E-state index contributed by atoms with van der Waals surface area (Å²) in [6.07, 6.45) is -0.281. The van der Waals surface area contributed by atoms with Crippen LogP contribution in [0.5, 0.6) is 0 Å². The second-order valence-corrected chi connectivity index (χ2v) is 7.71. The molecule has 1 saturated heterocycles. The van der Waals surface area contributed by atoms with Crippen LogP contribution in [0.25, 0.3) is 0 Å². The number of carbonyl (C=O) groups is 3. The molecule has 1 heterocycles. The summed E-state index contributed by atoms with van der Waals surface area (Å²) < 4.78 is 43.6. The van der Waals surface area contributed by atoms with E-state index in [-0.39, 0.29) is 37.2 Å². The van der Waals surface area contributed by atoms with Crippen LogP contribution < -0.4 is 11.1 Å². The summed E-state index contributed by atoms with van der Waals surface area (Å²) in [5, 5.41) is 11.5. The predicted molar refractivity (Wildman–Crippen MR) is 110 cm³/mol. The maximum absolute atomic E-state index is 15.0. The van der Waals surface area contributed by atoms with E-state index in [0.29, 0.717) is 0 Å². The molecule has 0 unspecified atom stereocenters. The number of aliphatic hydroxyl groups excluding tert-OH is 1. The minimum absolute atomic E-state index is 0.0106. The van der Waals surface area contributed by atoms with Crippen LogP contribution in [0.15, 0.2) is 36.4 Å². The van der Waals surface area contributed by atoms with Gasteiger partial charge in [0.15, 0.2) is 0 Å². The summed E-state index contributed by atoms with van der Waals surface area (Å²) in [6.45, 7) is -0.0553. The van der Waals surface area contributed by atoms with Crippen molar-refractivity contribution < 1.29 is 32.7 Å². The average Bonchev–Trinajstić information content (AvgIpc) is 2.75. The number of primary amides is 1. The van der Waals surface area contributed by atoms with Gasteiger partial charge in [-0.25, -0.2) is 4.39 Å². The number of amides is 3. The molecule has 0 aromatic heterocycles. The number of halogens is 4. The third-order valence-electron chi connectivity index (χ3n) is 5.08. The van der Waals surface area contributed by atoms with Crippen molar-refractivity contribution in [3.8, 4) is 0 Å². The van der Waals surface area contributed by atoms with Crippen LogP contribution in [0.1, 0.15) is 39.1 Å². The van der Waals surface area contributed by atoms with E-state index in [1.54, 1.807) is 0 Å². The third-order valence-corrected chi connectivity index (χ3v) is 5.41. The van der Waals surface area contributed by atoms with Gasteiger partial charge in [-0.1, -0.05) is 11.6 Å². The Labute approximate surface area is 185 Å². The molecule has 0 saturated carbocycles. The molecule has 0 radical (unpaired) electrons. The first-order valence-corrected chi connectivity index (χ1v) is 9.94. The molecule has 1 aliphatic rings. The summed E-state index contributed by atoms with van der Waals surface area (Å²) in [5.74, 6) is -8.27. The van der Waals surface area contributed by atoms with E-state index in [0.717, 1.165) is 29.2 Å². The predicted octanol–water partition coefficient (Wildman–Crippen LogP) is 2.91. The number of hydrogen-bond donors (Lipinski definition) is 3. The van der Waals surface area contributed by atoms with E-state index in [4.69, 9.17) is 17.3 Å². The zero-order chi connectivity index (χ0) is 23.6. The Morgan fingerprint density at radius 1 is 1.12 bits per heavy atom. The second-order valence-electron chi connectivity index (χ2n) is 7.31. The quantitative estimate of drug-likeness (QED) is 0.625. The Morgan fingerprint density at radius 3 is 2.41 bits per heavy atom. The van der Waals surface area contributed by atoms with E-state index in [2.05, 4.69) is 5.32 Å². The third kappa shape index (κ3) is 4.86. The number of carbonyl (C=O) groups excluding carboxylic acids is 3. The van der Waals surface area contributed by atoms with Crippen molar-refractivity contribution in [2.75, 3.05) is 18.4 Å². The Bertz CT molecular complexity index is 1070. The van der Waals surface area contributed by atoms with Crippen molar-refractivity contribution in [1.82, 2.24) is 4.90 Å². The van der Waals surface area contributed by atoms with Crippen LogP contribution in [-0.2, 0) is 10.7 Å². The Kier molecular flexibility index (Phi) is 6.75. The SMILES string of the molecule is NC(=O)c1cc(NC(=O)c2ccc(Cl)c(C(F)(F)C(=O)N3CCC(O)CC3)c2)ccc1F. The number of rotatable bonds is 5. The van der Waals surface area contributed by atoms with Crippen molar-refractivity contribution in [3.05, 3.63) is 63.9 Å². The number of nitrogens with one attached hydrogen (secondary N) is 1. The molecular formula is C21H19ClF3N3O4. The zero-order valence-electron chi connectivity index (χ0n) is 16.6. The summed E-state index contributed by atoms with van der Waals surface area (Å²) in [5.41, 5.74) is 3.54. The van der Waals surface area contributed by atoms with Crippen LogP contribution in [0.2, 0.25) is 5.02 Å². The van der Waals surface area contributed by atoms with E-state index in [1.807, 2.05) is 0 Å². The number of aliphatic hydroxyl groups is 1. The Balaban J connectivity index is 1.84. The molecular weight excluding hydrogens is 451 g/mol. The Hall–Kier alpha value is -3.11. The monoisotopic (exact) mass is 469 g/mol. The standard InChI is InChI=1S/C21H19ClF3N3O4/c22-16-3-1-11(19(31)27-12-2-4-17(23)14(10-12)18(26)30)9-15(16)21(24,25)20(32)28-7-5-13(29)6-8-28/h1-4,9-10,13,29H,5-8H2,(H2,26,30)(H,27,31). The minimum atomic E-state index is -4.01. The van der Waals surface area contributed by atoms with Crippen LogP contribution in [0.3, 0.4) is 0 Å². The van der Waals surface area contributed by atoms with Crippen LogP contribution in [-0.4, -0.2) is 46.9 Å². The largest absolute Gasteiger partial charge is 0.393 e. The van der Waals surface area contributed by atoms with Gasteiger partial charge < -0.3 is 21.1 Å². The molecule has 0 bridgehead atoms. The number of nitrogens with two attached hydrogens (primary N) is 1. The minimum Gasteiger partial charge on any atom is -0.393 e. The number of nitrogens with zero attached hydrogens (tertiary/aromatic N) is 1. The molecule has 0 aliphatic carbocycles. The Morgan fingerprint density at radius 2 is 1.78 bits per heavy atom. The summed E-state index contributed by atoms with van der Waals surface area (Å²) in [6, 6.07) is 6.14. The molecule has 11 heteroatoms. The van der Waals surface area contributed by atoms with Gasteiger partial charge in [0.05, 0.1) is 22.3 Å². The number of anilines is 1. The molecule has 3 amide bonds. The van der Waals surface area contributed by atoms with Crippen LogP contribution in [0, 0.1) is 5.82 Å². The molecule has 7 nitrogen and oxygen atoms in total. The fraction of sp³-hybridized carbons (Fsp3) is 0.286. The fourth-order valence-electron chi connectivity index (χ4n) is 3.28. The van der Waals surface area contributed by atoms with Crippen molar-refractivity contribution in [3.63, 3.8) is 0 Å². The highest BCUT2D eigenvalue weighted by atomic mass is 35.5. The van der Waals surface area contributed by atoms with Gasteiger partial charge in [0, 0.05) is 24.3 Å². The topological polar surface area (TPSA) is 113 Å². The lowest BCUT2D eigenvalue weighted by molar-refractivity contribution is -0.161. The lowest BCUT2D eigenvalue weighted by Gasteiger charge is -2.32. The number of piperidine rings is 1. The van der Waals surface area contributed by atoms with Gasteiger partial charge >= 0.3 is 5.92 Å². The molecule has 0 spiro atoms. The maximum Gasteiger partial charge on any atom is 0.351 e. The molecule has 3 rings (SSSR count). The van der Waals surface area contributed by atoms with Gasteiger partial charge in [-0.05, 0) is 49.2 Å². The lowest BCUT2D eigenvalue weighted by Crippen LogP contribution is -2.47. The van der Waals surface area contributed by atoms with Crippen molar-refractivity contribution >= 4 is 35.0 Å². The maximum atomic E-state index is 15.0. The zero-order valence-corrected chi connectivity index (χ0v) is 17.3. The van der Waals surface area contributed by atoms with E-state index in [1.165, 1.54) is 12.1 Å². The van der Waals surface area contributed by atoms with Gasteiger partial charge in [0.2, 0.25) is 0 Å². The van der Waals surface area contributed by atoms with Crippen molar-refractivity contribution in [2.45, 2.75) is 24.9 Å². The van der Waals surface area contributed by atoms with Gasteiger partial charge in [-0.15, -0.1) is 0 Å². The number of alkyl halides is 2. The van der Waals surface area contributed by atoms with E-state index >= 15 is 0 Å². The molecule has 32 heavy (non-hydrogen) atoms. The lowest BCUT2D eigenvalue weighted by atomic mass is 10.0. The summed E-state index contributed by atoms with van der Waals surface area (Å²) in [7, 11) is 0. The highest BCUT2D eigenvalue weighted by Gasteiger charge is 2.46. The molecule has 2 aromatic rings. The summed E-state index contributed by atoms with van der Waals surface area (Å²) >= 11 is 5.91. The molecule has 0 atom stereocenters. The first kappa shape index (κ1) is 23.6. The smallest absolute Gasteiger partial charge is 0.351 e. The second kappa shape index (κ2) is 9.17. The van der Waals surface area contributed by atoms with Crippen molar-refractivity contribution in [1.29, 1.82) is 0 Å². The molecule has 1 fully saturated rings. The van der Waals surface area contributed by atoms with E-state index < -0.39 is 51.7 Å². The fourth-order valence-corrected chi connectivity index (χ4v) is 3.52. The molecule has 4 N–H and O–H groups in total. The number of hydrogen-bond acceptors (Lipinski definition) is 4. The van der Waals surface area contributed by atoms with Gasteiger partial charge in [0.25, 0.3) is 17.7 Å².